The number of nitrogens with zero attached hydrogens (tertiary/aromatic N) is 2. The van der Waals surface area contributed by atoms with E-state index in [9.17, 15) is 13.8 Å². The summed E-state index contributed by atoms with van der Waals surface area (Å²) in [5.74, 6) is 3.42. The predicted octanol–water partition coefficient (Wildman–Crippen LogP) is 6.31. The van der Waals surface area contributed by atoms with Crippen molar-refractivity contribution in [1.82, 2.24) is 15.2 Å². The van der Waals surface area contributed by atoms with E-state index >= 15 is 0 Å². The minimum atomic E-state index is -0.698. The van der Waals surface area contributed by atoms with Gasteiger partial charge in [0.15, 0.2) is 0 Å². The maximum Gasteiger partial charge on any atom is 0.412 e. The van der Waals surface area contributed by atoms with Crippen molar-refractivity contribution in [3.05, 3.63) is 78.5 Å². The average molecular weight is 660 g/mol. The first-order chi connectivity index (χ1) is 22.6. The van der Waals surface area contributed by atoms with E-state index in [1.807, 2.05) is 45.0 Å². The smallest absolute Gasteiger partial charge is 0.412 e. The number of pyridine rings is 1. The van der Waals surface area contributed by atoms with Crippen molar-refractivity contribution in [3.63, 3.8) is 0 Å². The summed E-state index contributed by atoms with van der Waals surface area (Å²) in [5, 5.41) is 10.7. The Balaban J connectivity index is 1.25. The maximum atomic E-state index is 13.0. The number of carbonyl (C=O) groups excluding carboxylic acids is 2. The summed E-state index contributed by atoms with van der Waals surface area (Å²) in [6.07, 6.45) is 1.90. The fourth-order valence-electron chi connectivity index (χ4n) is 5.13. The quantitative estimate of drug-likeness (QED) is 0.159. The second-order valence-corrected chi connectivity index (χ2v) is 13.8. The van der Waals surface area contributed by atoms with Gasteiger partial charge in [-0.3, -0.25) is 14.3 Å². The SMILES string of the molecule is COc1cc(Nc2cc(Oc3ccc(NC(=O)OC(C)(C)C)c4ccccc34)ccn2)cc(C(=O)NCCCN2CCS(=O)CC2)c1. The molecule has 1 aromatic heterocycles. The lowest BCUT2D eigenvalue weighted by atomic mass is 10.1. The van der Waals surface area contributed by atoms with Gasteiger partial charge in [0.25, 0.3) is 5.91 Å². The fraction of sp³-hybridized carbons (Fsp3) is 0.343. The summed E-state index contributed by atoms with van der Waals surface area (Å²) in [6, 6.07) is 19.9. The second-order valence-electron chi connectivity index (χ2n) is 12.1. The lowest BCUT2D eigenvalue weighted by molar-refractivity contribution is 0.0636. The Kier molecular flexibility index (Phi) is 10.9. The summed E-state index contributed by atoms with van der Waals surface area (Å²) >= 11 is 0. The van der Waals surface area contributed by atoms with Gasteiger partial charge in [-0.2, -0.15) is 0 Å². The first-order valence-electron chi connectivity index (χ1n) is 15.5. The minimum absolute atomic E-state index is 0.201. The number of hydrogen-bond acceptors (Lipinski definition) is 9. The Labute approximate surface area is 277 Å². The molecule has 5 rings (SSSR count). The number of benzene rings is 3. The molecule has 12 heteroatoms. The van der Waals surface area contributed by atoms with Crippen molar-refractivity contribution in [1.29, 1.82) is 0 Å². The Hall–Kier alpha value is -4.68. The first-order valence-corrected chi connectivity index (χ1v) is 17.0. The molecule has 0 radical (unpaired) electrons. The van der Waals surface area contributed by atoms with E-state index in [0.29, 0.717) is 46.5 Å². The Bertz CT molecular complexity index is 1750. The number of nitrogens with one attached hydrogen (secondary N) is 3. The zero-order valence-corrected chi connectivity index (χ0v) is 27.9. The van der Waals surface area contributed by atoms with Crippen molar-refractivity contribution in [2.75, 3.05) is 55.4 Å². The molecule has 0 aliphatic carbocycles. The Morgan fingerprint density at radius 2 is 1.72 bits per heavy atom. The zero-order chi connectivity index (χ0) is 33.4. The van der Waals surface area contributed by atoms with Crippen molar-refractivity contribution < 1.29 is 28.0 Å². The number of anilines is 3. The molecule has 0 atom stereocenters. The van der Waals surface area contributed by atoms with Crippen molar-refractivity contribution in [3.8, 4) is 17.2 Å². The monoisotopic (exact) mass is 659 g/mol. The molecule has 1 aliphatic heterocycles. The van der Waals surface area contributed by atoms with Crippen molar-refractivity contribution in [2.45, 2.75) is 32.8 Å². The van der Waals surface area contributed by atoms with E-state index in [4.69, 9.17) is 14.2 Å². The molecule has 0 bridgehead atoms. The van der Waals surface area contributed by atoms with Crippen LogP contribution in [0.5, 0.6) is 17.2 Å². The van der Waals surface area contributed by atoms with E-state index in [1.165, 1.54) is 0 Å². The van der Waals surface area contributed by atoms with E-state index in [2.05, 4.69) is 25.8 Å². The van der Waals surface area contributed by atoms with Crippen LogP contribution in [0.1, 0.15) is 37.6 Å². The summed E-state index contributed by atoms with van der Waals surface area (Å²) in [6.45, 7) is 8.51. The van der Waals surface area contributed by atoms with Crippen LogP contribution in [0.3, 0.4) is 0 Å². The molecule has 0 spiro atoms. The van der Waals surface area contributed by atoms with Gasteiger partial charge in [0, 0.05) is 82.3 Å². The number of carbonyl (C=O) groups is 2. The van der Waals surface area contributed by atoms with Crippen LogP contribution in [0.15, 0.2) is 72.9 Å². The van der Waals surface area contributed by atoms with Gasteiger partial charge in [-0.15, -0.1) is 0 Å². The third kappa shape index (κ3) is 9.66. The van der Waals surface area contributed by atoms with Crippen LogP contribution in [0.4, 0.5) is 22.0 Å². The van der Waals surface area contributed by atoms with E-state index in [0.717, 1.165) is 48.3 Å². The van der Waals surface area contributed by atoms with Gasteiger partial charge in [0.2, 0.25) is 0 Å². The summed E-state index contributed by atoms with van der Waals surface area (Å²) in [5.41, 5.74) is 1.08. The molecule has 3 aromatic carbocycles. The third-order valence-electron chi connectivity index (χ3n) is 7.36. The van der Waals surface area contributed by atoms with Crippen LogP contribution in [0.2, 0.25) is 0 Å². The highest BCUT2D eigenvalue weighted by Gasteiger charge is 2.18. The van der Waals surface area contributed by atoms with Gasteiger partial charge in [-0.25, -0.2) is 9.78 Å². The molecule has 1 fully saturated rings. The zero-order valence-electron chi connectivity index (χ0n) is 27.1. The summed E-state index contributed by atoms with van der Waals surface area (Å²) in [4.78, 5) is 32.2. The molecular weight excluding hydrogens is 618 g/mol. The Morgan fingerprint density at radius 1 is 0.957 bits per heavy atom. The molecule has 2 amide bonds. The fourth-order valence-corrected chi connectivity index (χ4v) is 6.25. The summed E-state index contributed by atoms with van der Waals surface area (Å²) < 4.78 is 28.8. The van der Waals surface area contributed by atoms with Crippen LogP contribution in [0.25, 0.3) is 10.8 Å². The van der Waals surface area contributed by atoms with Gasteiger partial charge in [-0.1, -0.05) is 24.3 Å². The van der Waals surface area contributed by atoms with Gasteiger partial charge >= 0.3 is 6.09 Å². The number of hydrogen-bond donors (Lipinski definition) is 3. The van der Waals surface area contributed by atoms with Crippen LogP contribution < -0.4 is 25.4 Å². The molecule has 3 N–H and O–H groups in total. The van der Waals surface area contributed by atoms with Gasteiger partial charge in [0.1, 0.15) is 28.7 Å². The molecular formula is C35H41N5O6S. The number of ether oxygens (including phenoxy) is 3. The molecule has 47 heavy (non-hydrogen) atoms. The van der Waals surface area contributed by atoms with E-state index < -0.39 is 22.5 Å². The molecule has 4 aromatic rings. The molecule has 11 nitrogen and oxygen atoms in total. The van der Waals surface area contributed by atoms with E-state index in [-0.39, 0.29) is 5.91 Å². The number of amides is 2. The highest BCUT2D eigenvalue weighted by Crippen LogP contribution is 2.35. The maximum absolute atomic E-state index is 13.0. The highest BCUT2D eigenvalue weighted by molar-refractivity contribution is 7.85. The summed E-state index contributed by atoms with van der Waals surface area (Å²) in [7, 11) is 0.855. The predicted molar refractivity (Wildman–Crippen MR) is 186 cm³/mol. The van der Waals surface area contributed by atoms with Crippen LogP contribution >= 0.6 is 0 Å². The molecule has 1 saturated heterocycles. The normalized spacial score (nSPS) is 14.0. The van der Waals surface area contributed by atoms with Gasteiger partial charge in [0.05, 0.1) is 12.8 Å². The number of methoxy groups -OCH3 is 1. The topological polar surface area (TPSA) is 131 Å². The van der Waals surface area contributed by atoms with Crippen molar-refractivity contribution in [2.24, 2.45) is 0 Å². The number of rotatable bonds is 11. The molecule has 0 saturated carbocycles. The first kappa shape index (κ1) is 33.7. The largest absolute Gasteiger partial charge is 0.497 e. The van der Waals surface area contributed by atoms with Crippen molar-refractivity contribution >= 4 is 50.8 Å². The minimum Gasteiger partial charge on any atom is -0.497 e. The highest BCUT2D eigenvalue weighted by atomic mass is 32.2. The lowest BCUT2D eigenvalue weighted by Gasteiger charge is -2.25. The lowest BCUT2D eigenvalue weighted by Crippen LogP contribution is -2.39. The van der Waals surface area contributed by atoms with Crippen LogP contribution in [-0.4, -0.2) is 76.5 Å². The van der Waals surface area contributed by atoms with E-state index in [1.54, 1.807) is 55.8 Å². The molecule has 248 valence electrons. The van der Waals surface area contributed by atoms with Crippen LogP contribution in [0, 0.1) is 0 Å². The Morgan fingerprint density at radius 3 is 2.47 bits per heavy atom. The average Bonchev–Trinajstić information content (AvgIpc) is 3.04. The van der Waals surface area contributed by atoms with Crippen LogP contribution in [-0.2, 0) is 15.5 Å². The number of fused-ring (bicyclic) bond motifs is 1. The molecule has 0 unspecified atom stereocenters. The molecule has 2 heterocycles. The molecule has 1 aliphatic rings. The second kappa shape index (κ2) is 15.3. The van der Waals surface area contributed by atoms with Gasteiger partial charge in [-0.05, 0) is 64.1 Å². The number of aromatic nitrogens is 1. The van der Waals surface area contributed by atoms with Gasteiger partial charge < -0.3 is 29.7 Å². The standard InChI is InChI=1S/C35H41N5O6S/c1-35(2,3)46-34(42)39-30-10-11-31(29-9-6-5-8-28(29)30)45-26-12-14-36-32(23-26)38-25-20-24(21-27(22-25)44-4)33(41)37-13-7-15-40-16-18-47(43)19-17-40/h5-6,8-12,14,20-23H,7,13,15-19H2,1-4H3,(H,36,38)(H,37,41)(H,39,42). The third-order valence-corrected chi connectivity index (χ3v) is 8.64.